The van der Waals surface area contributed by atoms with E-state index < -0.39 is 0 Å². The number of terminal acetylenes is 1. The molecule has 2 aliphatic heterocycles. The van der Waals surface area contributed by atoms with Crippen LogP contribution in [0.15, 0.2) is 60.7 Å². The molecule has 5 heteroatoms. The van der Waals surface area contributed by atoms with E-state index in [1.54, 1.807) is 26.2 Å². The van der Waals surface area contributed by atoms with Crippen molar-refractivity contribution in [3.05, 3.63) is 94.4 Å². The van der Waals surface area contributed by atoms with E-state index in [0.717, 1.165) is 65.2 Å². The van der Waals surface area contributed by atoms with Gasteiger partial charge in [0.25, 0.3) is 0 Å². The van der Waals surface area contributed by atoms with Crippen molar-refractivity contribution in [2.24, 2.45) is 0 Å². The zero-order valence-corrected chi connectivity index (χ0v) is 37.1. The number of nitrogens with one attached hydrogen (secondary N) is 1. The first-order valence-corrected chi connectivity index (χ1v) is 20.4. The second-order valence-electron chi connectivity index (χ2n) is 13.2. The topological polar surface area (TPSA) is 37.5 Å². The van der Waals surface area contributed by atoms with Gasteiger partial charge >= 0.3 is 0 Å². The number of benzene rings is 3. The predicted molar refractivity (Wildman–Crippen MR) is 269 cm³/mol. The highest BCUT2D eigenvalue weighted by atomic mass is 19.1. The summed E-state index contributed by atoms with van der Waals surface area (Å²) in [5, 5.41) is 0.740. The van der Waals surface area contributed by atoms with Gasteiger partial charge in [0.1, 0.15) is 12.4 Å². The largest absolute Gasteiger partial charge is 0.493 e. The van der Waals surface area contributed by atoms with Crippen molar-refractivity contribution in [2.75, 3.05) is 13.7 Å². The molecule has 4 nitrogen and oxygen atoms in total. The molecule has 0 fully saturated rings. The minimum Gasteiger partial charge on any atom is -0.493 e. The monoisotopic (exact) mass is 876 g/mol. The number of hydrogen-bond acceptors (Lipinski definition) is 3. The fraction of sp³-hybridized carbons (Fsp3) is 0.125. The molecule has 0 spiro atoms. The number of fused-ring (bicyclic) bond motifs is 6. The van der Waals surface area contributed by atoms with E-state index in [1.165, 1.54) is 11.1 Å². The van der Waals surface area contributed by atoms with Gasteiger partial charge in [0.05, 0.1) is 7.11 Å². The Balaban J connectivity index is 0.000000259. The molecule has 3 heterocycles. The molecule has 69 heavy (non-hydrogen) atoms. The van der Waals surface area contributed by atoms with Gasteiger partial charge in [-0.05, 0) is 161 Å². The standard InChI is InChI=1S/C37H4.C27H25FN2O2/c1-3-5-7-9-11-13-15-17-19-21-23-25-27-29-31-33-35-37-36-34-32-30-28-26-24-22-20-18-16-14-12-10-8-6-4-2;1-31-25-14-19-18(12-26(25)32-16-17-6-3-2-4-7-17)10-11-30-15-23-20(13-24(19)30)27-21(28)8-5-9-22(27)29-23/h1H,2H3;2-9,12,14,24,29H,10-11,13,15-16H2,1H3. The normalized spacial score (nSPS) is 10.2. The molecule has 0 radical (unpaired) electrons. The second-order valence-corrected chi connectivity index (χ2v) is 13.2. The van der Waals surface area contributed by atoms with Gasteiger partial charge in [0.15, 0.2) is 11.5 Å². The molecule has 4 aromatic rings. The van der Waals surface area contributed by atoms with E-state index in [0.29, 0.717) is 6.61 Å². The molecule has 3 aromatic carbocycles. The van der Waals surface area contributed by atoms with E-state index in [1.807, 2.05) is 24.3 Å². The van der Waals surface area contributed by atoms with E-state index in [2.05, 4.69) is 241 Å². The number of halogens is 1. The van der Waals surface area contributed by atoms with Crippen LogP contribution in [0.4, 0.5) is 4.39 Å². The minimum absolute atomic E-state index is 0.147. The number of aromatic nitrogens is 1. The lowest BCUT2D eigenvalue weighted by Crippen LogP contribution is -2.39. The van der Waals surface area contributed by atoms with Crippen molar-refractivity contribution in [1.82, 2.24) is 9.88 Å². The lowest BCUT2D eigenvalue weighted by atomic mass is 9.85. The van der Waals surface area contributed by atoms with Crippen LogP contribution < -0.4 is 9.47 Å². The maximum absolute atomic E-state index is 14.7. The van der Waals surface area contributed by atoms with Crippen LogP contribution >= 0.6 is 0 Å². The summed E-state index contributed by atoms with van der Waals surface area (Å²) in [7, 11) is 1.69. The molecule has 0 saturated carbocycles. The van der Waals surface area contributed by atoms with E-state index >= 15 is 0 Å². The molecule has 1 N–H and O–H groups in total. The Bertz CT molecular complexity index is 3880. The van der Waals surface area contributed by atoms with E-state index in [9.17, 15) is 4.39 Å². The Morgan fingerprint density at radius 2 is 1.07 bits per heavy atom. The van der Waals surface area contributed by atoms with Crippen LogP contribution in [0.3, 0.4) is 0 Å². The lowest BCUT2D eigenvalue weighted by Gasteiger charge is -2.40. The Morgan fingerprint density at radius 1 is 0.594 bits per heavy atom. The third-order valence-corrected chi connectivity index (χ3v) is 9.05. The first-order chi connectivity index (χ1) is 34.1. The molecule has 1 aromatic heterocycles. The summed E-state index contributed by atoms with van der Waals surface area (Å²) in [6.07, 6.45) is 6.68. The van der Waals surface area contributed by atoms with Gasteiger partial charge in [0.2, 0.25) is 0 Å². The van der Waals surface area contributed by atoms with E-state index in [-0.39, 0.29) is 11.9 Å². The average molecular weight is 877 g/mol. The third kappa shape index (κ3) is 16.8. The van der Waals surface area contributed by atoms with Crippen LogP contribution in [0.25, 0.3) is 10.9 Å². The number of H-pyrrole nitrogens is 1. The highest BCUT2D eigenvalue weighted by Crippen LogP contribution is 2.44. The number of aromatic amines is 1. The van der Waals surface area contributed by atoms with Crippen molar-refractivity contribution in [3.8, 4) is 225 Å². The number of ether oxygens (including phenoxy) is 2. The molecular weight excluding hydrogens is 848 g/mol. The fourth-order valence-corrected chi connectivity index (χ4v) is 6.34. The Kier molecular flexibility index (Phi) is 20.6. The highest BCUT2D eigenvalue weighted by Gasteiger charge is 2.35. The molecule has 2 aliphatic rings. The number of rotatable bonds is 4. The molecule has 0 amide bonds. The average Bonchev–Trinajstić information content (AvgIpc) is 3.75. The van der Waals surface area contributed by atoms with Crippen molar-refractivity contribution in [1.29, 1.82) is 0 Å². The lowest BCUT2D eigenvalue weighted by molar-refractivity contribution is 0.158. The summed E-state index contributed by atoms with van der Waals surface area (Å²) in [5.74, 6) is 88.3. The van der Waals surface area contributed by atoms with Crippen LogP contribution in [0.2, 0.25) is 0 Å². The van der Waals surface area contributed by atoms with Crippen LogP contribution in [-0.2, 0) is 26.0 Å². The minimum atomic E-state index is -0.147. The van der Waals surface area contributed by atoms with Gasteiger partial charge in [-0.25, -0.2) is 4.39 Å². The molecule has 314 valence electrons. The smallest absolute Gasteiger partial charge is 0.161 e. The first kappa shape index (κ1) is 48.8. The number of hydrogen-bond donors (Lipinski definition) is 1. The molecule has 0 aliphatic carbocycles. The second kappa shape index (κ2) is 29.2. The Labute approximate surface area is 405 Å². The summed E-state index contributed by atoms with van der Waals surface area (Å²) >= 11 is 0. The van der Waals surface area contributed by atoms with Crippen molar-refractivity contribution in [2.45, 2.75) is 39.0 Å². The third-order valence-electron chi connectivity index (χ3n) is 9.05. The summed E-state index contributed by atoms with van der Waals surface area (Å²) < 4.78 is 26.5. The zero-order valence-electron chi connectivity index (χ0n) is 37.1. The summed E-state index contributed by atoms with van der Waals surface area (Å²) in [6, 6.07) is 19.9. The van der Waals surface area contributed by atoms with Crippen molar-refractivity contribution in [3.63, 3.8) is 0 Å². The van der Waals surface area contributed by atoms with Gasteiger partial charge in [-0.15, -0.1) is 6.42 Å². The first-order valence-electron chi connectivity index (χ1n) is 20.4. The summed E-state index contributed by atoms with van der Waals surface area (Å²) in [4.78, 5) is 5.94. The molecule has 6 rings (SSSR count). The van der Waals surface area contributed by atoms with Crippen LogP contribution in [0, 0.1) is 219 Å². The molecule has 0 bridgehead atoms. The number of methoxy groups -OCH3 is 1. The molecule has 1 atom stereocenters. The van der Waals surface area contributed by atoms with Crippen LogP contribution in [0.5, 0.6) is 11.5 Å². The van der Waals surface area contributed by atoms with Gasteiger partial charge in [-0.3, -0.25) is 4.90 Å². The van der Waals surface area contributed by atoms with Gasteiger partial charge in [-0.2, -0.15) is 0 Å². The zero-order chi connectivity index (χ0) is 48.4. The quantitative estimate of drug-likeness (QED) is 0.247. The maximum Gasteiger partial charge on any atom is 0.161 e. The van der Waals surface area contributed by atoms with Crippen LogP contribution in [0.1, 0.15) is 40.9 Å². The van der Waals surface area contributed by atoms with Crippen molar-refractivity contribution >= 4 is 10.9 Å². The Hall–Kier alpha value is -11.2. The van der Waals surface area contributed by atoms with Crippen LogP contribution in [-0.4, -0.2) is 23.5 Å². The molecule has 1 unspecified atom stereocenters. The molecule has 0 saturated heterocycles. The SMILES string of the molecule is C#CC#CC#CC#CC#CC#CC#CC#CC#CC#CC#CC#CC#CC#CC#CC#CC#CC#CC.COc1cc2c(cc1OCc1ccccc1)CCN1Cc3[nH]c4cccc(F)c4c3CC21. The molecular formula is C64H29FN2O2. The Morgan fingerprint density at radius 3 is 1.54 bits per heavy atom. The summed E-state index contributed by atoms with van der Waals surface area (Å²) in [6.45, 7) is 3.97. The highest BCUT2D eigenvalue weighted by molar-refractivity contribution is 5.85. The van der Waals surface area contributed by atoms with Gasteiger partial charge in [0, 0.05) is 142 Å². The number of nitrogens with zero attached hydrogens (tertiary/aromatic N) is 1. The van der Waals surface area contributed by atoms with Crippen molar-refractivity contribution < 1.29 is 13.9 Å². The van der Waals surface area contributed by atoms with E-state index in [4.69, 9.17) is 15.9 Å². The van der Waals surface area contributed by atoms with Gasteiger partial charge in [-0.1, -0.05) is 42.3 Å². The summed E-state index contributed by atoms with van der Waals surface area (Å²) in [5.41, 5.74) is 6.81. The maximum atomic E-state index is 14.7. The fourth-order valence-electron chi connectivity index (χ4n) is 6.34. The van der Waals surface area contributed by atoms with Gasteiger partial charge < -0.3 is 14.5 Å². The predicted octanol–water partition coefficient (Wildman–Crippen LogP) is 6.25.